The van der Waals surface area contributed by atoms with Crippen molar-refractivity contribution >= 4 is 11.8 Å². The summed E-state index contributed by atoms with van der Waals surface area (Å²) in [5, 5.41) is 0. The molecule has 1 heterocycles. The van der Waals surface area contributed by atoms with Gasteiger partial charge in [-0.15, -0.1) is 0 Å². The van der Waals surface area contributed by atoms with Crippen LogP contribution < -0.4 is 9.47 Å². The number of aromatic nitrogens is 1. The summed E-state index contributed by atoms with van der Waals surface area (Å²) in [6, 6.07) is 6.69. The molecule has 0 amide bonds. The fourth-order valence-electron chi connectivity index (χ4n) is 3.33. The van der Waals surface area contributed by atoms with E-state index in [1.807, 2.05) is 19.9 Å². The van der Waals surface area contributed by atoms with Gasteiger partial charge in [-0.2, -0.15) is 0 Å². The first-order valence-electron chi connectivity index (χ1n) is 10.6. The standard InChI is InChI=1S/C24H33NO6/c1-6-7-13-30-22-10-9-19(15-23(22)29-5)24(27)31-16-21(26)20-14-17(2)25(18(20)3)11-8-12-28-4/h9-10,14-15H,6-8,11-13,16H2,1-5H3. The smallest absolute Gasteiger partial charge is 0.338 e. The minimum absolute atomic E-state index is 0.231. The molecule has 0 aliphatic rings. The lowest BCUT2D eigenvalue weighted by Gasteiger charge is -2.12. The molecular weight excluding hydrogens is 398 g/mol. The topological polar surface area (TPSA) is 76.0 Å². The van der Waals surface area contributed by atoms with E-state index >= 15 is 0 Å². The van der Waals surface area contributed by atoms with Crippen LogP contribution in [0.1, 0.15) is 58.3 Å². The molecule has 0 spiro atoms. The van der Waals surface area contributed by atoms with Crippen LogP contribution in [0, 0.1) is 13.8 Å². The molecule has 2 rings (SSSR count). The van der Waals surface area contributed by atoms with E-state index in [0.29, 0.717) is 35.8 Å². The summed E-state index contributed by atoms with van der Waals surface area (Å²) in [6.45, 7) is 7.62. The predicted octanol–water partition coefficient (Wildman–Crippen LogP) is 4.37. The first-order chi connectivity index (χ1) is 14.9. The Labute approximate surface area is 184 Å². The highest BCUT2D eigenvalue weighted by Crippen LogP contribution is 2.28. The van der Waals surface area contributed by atoms with Gasteiger partial charge < -0.3 is 23.5 Å². The van der Waals surface area contributed by atoms with E-state index in [4.69, 9.17) is 18.9 Å². The van der Waals surface area contributed by atoms with E-state index in [2.05, 4.69) is 11.5 Å². The summed E-state index contributed by atoms with van der Waals surface area (Å²) in [5.41, 5.74) is 2.73. The lowest BCUT2D eigenvalue weighted by molar-refractivity contribution is 0.0474. The van der Waals surface area contributed by atoms with Crippen LogP contribution in [0.5, 0.6) is 11.5 Å². The Hall–Kier alpha value is -2.80. The van der Waals surface area contributed by atoms with Crippen LogP contribution in [-0.2, 0) is 16.0 Å². The average Bonchev–Trinajstić information content (AvgIpc) is 3.06. The molecular formula is C24H33NO6. The quantitative estimate of drug-likeness (QED) is 0.266. The highest BCUT2D eigenvalue weighted by molar-refractivity contribution is 6.00. The molecule has 0 N–H and O–H groups in total. The second-order valence-corrected chi connectivity index (χ2v) is 7.35. The molecule has 0 bridgehead atoms. The molecule has 0 saturated carbocycles. The van der Waals surface area contributed by atoms with Gasteiger partial charge in [-0.05, 0) is 51.0 Å². The number of esters is 1. The lowest BCUT2D eigenvalue weighted by atomic mass is 10.1. The SMILES string of the molecule is CCCCOc1ccc(C(=O)OCC(=O)c2cc(C)n(CCCOC)c2C)cc1OC. The third kappa shape index (κ3) is 6.59. The van der Waals surface area contributed by atoms with Crippen LogP contribution in [0.4, 0.5) is 0 Å². The molecule has 1 aromatic heterocycles. The Morgan fingerprint density at radius 1 is 1.00 bits per heavy atom. The Morgan fingerprint density at radius 3 is 2.45 bits per heavy atom. The number of ketones is 1. The Balaban J connectivity index is 2.00. The molecule has 0 fully saturated rings. The Morgan fingerprint density at radius 2 is 1.77 bits per heavy atom. The number of rotatable bonds is 13. The Kier molecular flexibility index (Phi) is 9.59. The number of carbonyl (C=O) groups is 2. The number of Topliss-reactive ketones (excluding diaryl/α,β-unsaturated/α-hetero) is 1. The molecule has 1 aromatic carbocycles. The molecule has 31 heavy (non-hydrogen) atoms. The maximum atomic E-state index is 12.7. The second kappa shape index (κ2) is 12.2. The minimum Gasteiger partial charge on any atom is -0.493 e. The van der Waals surface area contributed by atoms with Crippen molar-refractivity contribution in [2.24, 2.45) is 0 Å². The van der Waals surface area contributed by atoms with Crippen molar-refractivity contribution in [1.82, 2.24) is 4.57 Å². The zero-order valence-corrected chi connectivity index (χ0v) is 19.2. The summed E-state index contributed by atoms with van der Waals surface area (Å²) in [7, 11) is 3.18. The number of carbonyl (C=O) groups excluding carboxylic acids is 2. The summed E-state index contributed by atoms with van der Waals surface area (Å²) < 4.78 is 23.5. The van der Waals surface area contributed by atoms with Crippen molar-refractivity contribution in [3.8, 4) is 11.5 Å². The van der Waals surface area contributed by atoms with E-state index in [9.17, 15) is 9.59 Å². The normalized spacial score (nSPS) is 10.7. The highest BCUT2D eigenvalue weighted by atomic mass is 16.5. The van der Waals surface area contributed by atoms with Crippen LogP contribution in [0.2, 0.25) is 0 Å². The van der Waals surface area contributed by atoms with Crippen LogP contribution in [-0.4, -0.2) is 50.4 Å². The van der Waals surface area contributed by atoms with Crippen LogP contribution in [0.25, 0.3) is 0 Å². The van der Waals surface area contributed by atoms with Crippen molar-refractivity contribution in [1.29, 1.82) is 0 Å². The zero-order valence-electron chi connectivity index (χ0n) is 19.2. The number of hydrogen-bond donors (Lipinski definition) is 0. The number of benzene rings is 1. The van der Waals surface area contributed by atoms with Crippen molar-refractivity contribution in [2.45, 2.75) is 46.6 Å². The average molecular weight is 432 g/mol. The molecule has 2 aromatic rings. The number of unbranched alkanes of at least 4 members (excludes halogenated alkanes) is 1. The van der Waals surface area contributed by atoms with Gasteiger partial charge in [-0.25, -0.2) is 4.79 Å². The van der Waals surface area contributed by atoms with Gasteiger partial charge in [0.05, 0.1) is 19.3 Å². The van der Waals surface area contributed by atoms with Gasteiger partial charge in [0.2, 0.25) is 5.78 Å². The fourth-order valence-corrected chi connectivity index (χ4v) is 3.33. The summed E-state index contributed by atoms with van der Waals surface area (Å²) in [6.07, 6.45) is 2.81. The number of ether oxygens (including phenoxy) is 4. The van der Waals surface area contributed by atoms with Crippen LogP contribution >= 0.6 is 0 Å². The lowest BCUT2D eigenvalue weighted by Crippen LogP contribution is -2.15. The maximum absolute atomic E-state index is 12.7. The number of hydrogen-bond acceptors (Lipinski definition) is 6. The first-order valence-corrected chi connectivity index (χ1v) is 10.6. The molecule has 170 valence electrons. The van der Waals surface area contributed by atoms with Crippen molar-refractivity contribution in [2.75, 3.05) is 34.0 Å². The van der Waals surface area contributed by atoms with E-state index in [-0.39, 0.29) is 12.4 Å². The van der Waals surface area contributed by atoms with Gasteiger partial charge in [-0.1, -0.05) is 13.3 Å². The largest absolute Gasteiger partial charge is 0.493 e. The molecule has 0 atom stereocenters. The summed E-state index contributed by atoms with van der Waals surface area (Å²) >= 11 is 0. The van der Waals surface area contributed by atoms with E-state index in [1.165, 1.54) is 7.11 Å². The third-order valence-electron chi connectivity index (χ3n) is 5.09. The fraction of sp³-hybridized carbons (Fsp3) is 0.500. The van der Waals surface area contributed by atoms with Gasteiger partial charge >= 0.3 is 5.97 Å². The third-order valence-corrected chi connectivity index (χ3v) is 5.09. The minimum atomic E-state index is -0.583. The van der Waals surface area contributed by atoms with Crippen molar-refractivity contribution in [3.63, 3.8) is 0 Å². The van der Waals surface area contributed by atoms with Gasteiger partial charge in [0.15, 0.2) is 18.1 Å². The summed E-state index contributed by atoms with van der Waals surface area (Å²) in [4.78, 5) is 25.1. The van der Waals surface area contributed by atoms with Gasteiger partial charge in [0, 0.05) is 37.2 Å². The number of methoxy groups -OCH3 is 2. The first kappa shape index (κ1) is 24.5. The van der Waals surface area contributed by atoms with Crippen LogP contribution in [0.3, 0.4) is 0 Å². The predicted molar refractivity (Wildman–Crippen MR) is 118 cm³/mol. The monoisotopic (exact) mass is 431 g/mol. The summed E-state index contributed by atoms with van der Waals surface area (Å²) in [5.74, 6) is 0.215. The number of nitrogens with zero attached hydrogens (tertiary/aromatic N) is 1. The molecule has 0 unspecified atom stereocenters. The molecule has 0 saturated heterocycles. The number of aryl methyl sites for hydroxylation is 1. The Bertz CT molecular complexity index is 886. The molecule has 7 nitrogen and oxygen atoms in total. The zero-order chi connectivity index (χ0) is 22.8. The molecule has 0 aliphatic carbocycles. The van der Waals surface area contributed by atoms with Gasteiger partial charge in [0.25, 0.3) is 0 Å². The van der Waals surface area contributed by atoms with Crippen LogP contribution in [0.15, 0.2) is 24.3 Å². The van der Waals surface area contributed by atoms with E-state index in [1.54, 1.807) is 25.3 Å². The molecule has 0 radical (unpaired) electrons. The highest BCUT2D eigenvalue weighted by Gasteiger charge is 2.19. The second-order valence-electron chi connectivity index (χ2n) is 7.35. The van der Waals surface area contributed by atoms with Gasteiger partial charge in [-0.3, -0.25) is 4.79 Å². The van der Waals surface area contributed by atoms with E-state index < -0.39 is 5.97 Å². The van der Waals surface area contributed by atoms with Crippen molar-refractivity contribution in [3.05, 3.63) is 46.8 Å². The molecule has 0 aliphatic heterocycles. The van der Waals surface area contributed by atoms with E-state index in [0.717, 1.165) is 37.2 Å². The maximum Gasteiger partial charge on any atom is 0.338 e. The van der Waals surface area contributed by atoms with Gasteiger partial charge in [0.1, 0.15) is 0 Å². The van der Waals surface area contributed by atoms with Crippen molar-refractivity contribution < 1.29 is 28.5 Å². The molecule has 7 heteroatoms.